The fourth-order valence-electron chi connectivity index (χ4n) is 3.73. The molecule has 1 fully saturated rings. The highest BCUT2D eigenvalue weighted by molar-refractivity contribution is 5.95. The minimum Gasteiger partial charge on any atom is -0.333 e. The topological polar surface area (TPSA) is 20.3 Å². The minimum absolute atomic E-state index is 0.136. The third-order valence-electron chi connectivity index (χ3n) is 5.45. The first-order valence-electron chi connectivity index (χ1n) is 9.10. The number of nitrogens with zero attached hydrogens (tertiary/aromatic N) is 1. The fraction of sp³-hybridized carbons (Fsp3) is 0.409. The molecule has 2 aromatic rings. The number of aryl methyl sites for hydroxylation is 3. The van der Waals surface area contributed by atoms with Gasteiger partial charge < -0.3 is 4.90 Å². The summed E-state index contributed by atoms with van der Waals surface area (Å²) >= 11 is 0. The first-order valence-corrected chi connectivity index (χ1v) is 9.10. The van der Waals surface area contributed by atoms with E-state index < -0.39 is 0 Å². The molecule has 0 radical (unpaired) electrons. The van der Waals surface area contributed by atoms with E-state index in [4.69, 9.17) is 0 Å². The van der Waals surface area contributed by atoms with Crippen LogP contribution in [-0.4, -0.2) is 22.9 Å². The van der Waals surface area contributed by atoms with Gasteiger partial charge in [0.25, 0.3) is 5.91 Å². The van der Waals surface area contributed by atoms with Crippen molar-refractivity contribution in [3.05, 3.63) is 70.5 Å². The lowest BCUT2D eigenvalue weighted by atomic mass is 10.0. The minimum atomic E-state index is -0.204. The Bertz CT molecular complexity index is 753. The van der Waals surface area contributed by atoms with Crippen LogP contribution in [0.4, 0.5) is 4.39 Å². The number of carbonyl (C=O) groups excluding carboxylic acids is 1. The molecule has 0 unspecified atom stereocenters. The van der Waals surface area contributed by atoms with E-state index in [2.05, 4.69) is 18.7 Å². The van der Waals surface area contributed by atoms with Gasteiger partial charge in [-0.2, -0.15) is 0 Å². The molecule has 0 bridgehead atoms. The molecular weight excluding hydrogens is 313 g/mol. The van der Waals surface area contributed by atoms with Crippen molar-refractivity contribution >= 4 is 5.91 Å². The van der Waals surface area contributed by atoms with E-state index in [0.29, 0.717) is 0 Å². The molecule has 3 heteroatoms. The summed E-state index contributed by atoms with van der Waals surface area (Å²) in [6, 6.07) is 13.2. The third-order valence-corrected chi connectivity index (χ3v) is 5.45. The van der Waals surface area contributed by atoms with Crippen LogP contribution in [0.2, 0.25) is 0 Å². The Hall–Kier alpha value is -2.16. The number of carbonyl (C=O) groups is 1. The van der Waals surface area contributed by atoms with Crippen LogP contribution in [0, 0.1) is 19.7 Å². The molecule has 2 nitrogen and oxygen atoms in total. The SMILES string of the molecule is Cc1ccc(C(=O)N2[C@@H](CCc3ccc(F)cc3)CC[C@H]2C)cc1C. The molecule has 1 aliphatic heterocycles. The van der Waals surface area contributed by atoms with Gasteiger partial charge >= 0.3 is 0 Å². The molecule has 1 saturated heterocycles. The predicted molar refractivity (Wildman–Crippen MR) is 99.3 cm³/mol. The first-order chi connectivity index (χ1) is 12.0. The van der Waals surface area contributed by atoms with Gasteiger partial charge in [0.05, 0.1) is 0 Å². The quantitative estimate of drug-likeness (QED) is 0.762. The smallest absolute Gasteiger partial charge is 0.254 e. The average molecular weight is 339 g/mol. The Morgan fingerprint density at radius 2 is 1.80 bits per heavy atom. The maximum absolute atomic E-state index is 13.1. The highest BCUT2D eigenvalue weighted by Crippen LogP contribution is 2.29. The van der Waals surface area contributed by atoms with Crippen LogP contribution in [0.3, 0.4) is 0 Å². The zero-order valence-corrected chi connectivity index (χ0v) is 15.3. The van der Waals surface area contributed by atoms with Crippen LogP contribution in [-0.2, 0) is 6.42 Å². The molecule has 0 spiro atoms. The normalized spacial score (nSPS) is 20.1. The van der Waals surface area contributed by atoms with Gasteiger partial charge in [-0.3, -0.25) is 4.79 Å². The molecule has 0 saturated carbocycles. The van der Waals surface area contributed by atoms with Crippen molar-refractivity contribution in [2.24, 2.45) is 0 Å². The summed E-state index contributed by atoms with van der Waals surface area (Å²) in [5.74, 6) is -0.0676. The van der Waals surface area contributed by atoms with Crippen molar-refractivity contribution in [2.75, 3.05) is 0 Å². The Kier molecular flexibility index (Phi) is 5.22. The molecule has 25 heavy (non-hydrogen) atoms. The van der Waals surface area contributed by atoms with Crippen LogP contribution in [0.1, 0.15) is 53.2 Å². The lowest BCUT2D eigenvalue weighted by molar-refractivity contribution is 0.0672. The zero-order chi connectivity index (χ0) is 18.0. The van der Waals surface area contributed by atoms with E-state index in [1.54, 1.807) is 0 Å². The highest BCUT2D eigenvalue weighted by Gasteiger charge is 2.34. The van der Waals surface area contributed by atoms with Crippen LogP contribution in [0.25, 0.3) is 0 Å². The first kappa shape index (κ1) is 17.7. The Morgan fingerprint density at radius 1 is 1.08 bits per heavy atom. The molecule has 0 aliphatic carbocycles. The van der Waals surface area contributed by atoms with Gasteiger partial charge in [-0.05, 0) is 87.4 Å². The average Bonchev–Trinajstić information content (AvgIpc) is 2.97. The van der Waals surface area contributed by atoms with E-state index in [1.165, 1.54) is 17.7 Å². The van der Waals surface area contributed by atoms with Crippen molar-refractivity contribution in [3.63, 3.8) is 0 Å². The van der Waals surface area contributed by atoms with Crippen molar-refractivity contribution in [2.45, 2.75) is 58.5 Å². The summed E-state index contributed by atoms with van der Waals surface area (Å²) in [5.41, 5.74) is 4.27. The molecule has 0 N–H and O–H groups in total. The van der Waals surface area contributed by atoms with Crippen molar-refractivity contribution in [1.82, 2.24) is 4.90 Å². The lowest BCUT2D eigenvalue weighted by Crippen LogP contribution is -2.40. The monoisotopic (exact) mass is 339 g/mol. The Balaban J connectivity index is 1.72. The molecule has 0 aromatic heterocycles. The second kappa shape index (κ2) is 7.38. The molecule has 1 amide bonds. The molecule has 1 heterocycles. The third kappa shape index (κ3) is 3.92. The van der Waals surface area contributed by atoms with Gasteiger partial charge in [-0.25, -0.2) is 4.39 Å². The maximum atomic E-state index is 13.1. The maximum Gasteiger partial charge on any atom is 0.254 e. The standard InChI is InChI=1S/C22H26FNO/c1-15-4-9-19(14-16(15)2)22(25)24-17(3)5-12-21(24)13-8-18-6-10-20(23)11-7-18/h4,6-7,9-11,14,17,21H,5,8,12-13H2,1-3H3/t17-,21-/m1/s1. The number of halogens is 1. The zero-order valence-electron chi connectivity index (χ0n) is 15.3. The highest BCUT2D eigenvalue weighted by atomic mass is 19.1. The number of amides is 1. The molecule has 1 aliphatic rings. The second-order valence-corrected chi connectivity index (χ2v) is 7.26. The van der Waals surface area contributed by atoms with Crippen LogP contribution in [0.5, 0.6) is 0 Å². The van der Waals surface area contributed by atoms with Gasteiger partial charge in [0.2, 0.25) is 0 Å². The Labute approximate surface area is 149 Å². The van der Waals surface area contributed by atoms with E-state index >= 15 is 0 Å². The summed E-state index contributed by atoms with van der Waals surface area (Å²) in [6.45, 7) is 6.25. The van der Waals surface area contributed by atoms with E-state index in [9.17, 15) is 9.18 Å². The van der Waals surface area contributed by atoms with Crippen molar-refractivity contribution in [3.8, 4) is 0 Å². The van der Waals surface area contributed by atoms with Gasteiger partial charge in [0.1, 0.15) is 5.82 Å². The largest absolute Gasteiger partial charge is 0.333 e. The predicted octanol–water partition coefficient (Wildman–Crippen LogP) is 5.07. The van der Waals surface area contributed by atoms with Crippen LogP contribution < -0.4 is 0 Å². The molecule has 2 atom stereocenters. The summed E-state index contributed by atoms with van der Waals surface area (Å²) in [5, 5.41) is 0. The van der Waals surface area contributed by atoms with Gasteiger partial charge in [0, 0.05) is 17.6 Å². The van der Waals surface area contributed by atoms with E-state index in [-0.39, 0.29) is 23.8 Å². The Morgan fingerprint density at radius 3 is 2.48 bits per heavy atom. The number of rotatable bonds is 4. The fourth-order valence-corrected chi connectivity index (χ4v) is 3.73. The van der Waals surface area contributed by atoms with E-state index in [1.807, 2.05) is 37.3 Å². The van der Waals surface area contributed by atoms with Gasteiger partial charge in [-0.15, -0.1) is 0 Å². The van der Waals surface area contributed by atoms with Crippen LogP contribution >= 0.6 is 0 Å². The second-order valence-electron chi connectivity index (χ2n) is 7.26. The number of benzene rings is 2. The van der Waals surface area contributed by atoms with E-state index in [0.717, 1.165) is 42.4 Å². The van der Waals surface area contributed by atoms with Gasteiger partial charge in [0.15, 0.2) is 0 Å². The van der Waals surface area contributed by atoms with Crippen molar-refractivity contribution < 1.29 is 9.18 Å². The van der Waals surface area contributed by atoms with Gasteiger partial charge in [-0.1, -0.05) is 18.2 Å². The molecular formula is C22H26FNO. The van der Waals surface area contributed by atoms with Crippen LogP contribution in [0.15, 0.2) is 42.5 Å². The lowest BCUT2D eigenvalue weighted by Gasteiger charge is -2.29. The molecule has 132 valence electrons. The summed E-state index contributed by atoms with van der Waals surface area (Å²) < 4.78 is 13.0. The summed E-state index contributed by atoms with van der Waals surface area (Å²) in [6.07, 6.45) is 3.88. The molecule has 2 aromatic carbocycles. The molecule has 3 rings (SSSR count). The number of hydrogen-bond donors (Lipinski definition) is 0. The number of hydrogen-bond acceptors (Lipinski definition) is 1. The van der Waals surface area contributed by atoms with Crippen molar-refractivity contribution in [1.29, 1.82) is 0 Å². The summed E-state index contributed by atoms with van der Waals surface area (Å²) in [4.78, 5) is 15.1. The summed E-state index contributed by atoms with van der Waals surface area (Å²) in [7, 11) is 0. The number of likely N-dealkylation sites (tertiary alicyclic amines) is 1.